The number of halogens is 3. The Balaban J connectivity index is 1.30. The third kappa shape index (κ3) is 8.02. The smallest absolute Gasteiger partial charge is 0.421 e. The van der Waals surface area contributed by atoms with Crippen molar-refractivity contribution < 1.29 is 22.1 Å². The highest BCUT2D eigenvalue weighted by Gasteiger charge is 2.35. The number of likely N-dealkylation sites (tertiary alicyclic amines) is 1. The lowest BCUT2D eigenvalue weighted by molar-refractivity contribution is -0.137. The lowest BCUT2D eigenvalue weighted by Crippen LogP contribution is -2.53. The number of nitrogens with zero attached hydrogens (tertiary/aromatic N) is 6. The Kier molecular flexibility index (Phi) is 10.6. The van der Waals surface area contributed by atoms with E-state index in [0.29, 0.717) is 28.7 Å². The predicted molar refractivity (Wildman–Crippen MR) is 179 cm³/mol. The molecule has 2 fully saturated rings. The van der Waals surface area contributed by atoms with Crippen LogP contribution in [-0.2, 0) is 23.7 Å². The van der Waals surface area contributed by atoms with Crippen LogP contribution in [0.15, 0.2) is 42.6 Å². The molecule has 0 radical (unpaired) electrons. The summed E-state index contributed by atoms with van der Waals surface area (Å²) in [5.74, 6) is 0.159. The summed E-state index contributed by atoms with van der Waals surface area (Å²) < 4.78 is 61.3. The molecule has 5 rings (SSSR count). The number of alkyl halides is 3. The zero-order valence-corrected chi connectivity index (χ0v) is 27.8. The van der Waals surface area contributed by atoms with Crippen LogP contribution in [0, 0.1) is 6.92 Å². The Morgan fingerprint density at radius 2 is 1.78 bits per heavy atom. The molecule has 0 amide bonds. The normalized spacial score (nSPS) is 17.5. The third-order valence-corrected chi connectivity index (χ3v) is 9.79. The van der Waals surface area contributed by atoms with Crippen molar-refractivity contribution in [3.63, 3.8) is 0 Å². The maximum absolute atomic E-state index is 14.0. The molecule has 10 nitrogen and oxygen atoms in total. The SMILES string of the molecule is COc1cc(N2CCN(C3CCN(C)CC3)CC2)ccc1Nc1ncc(C(F)(F)F)c(NCc2ccc(C)cc2N(C)S(C)=O)n1. The fraction of sp³-hybridized carbons (Fsp3) is 0.500. The molecular weight excluding hydrogens is 617 g/mol. The molecule has 14 heteroatoms. The number of hydrogen-bond acceptors (Lipinski definition) is 9. The Labute approximate surface area is 271 Å². The van der Waals surface area contributed by atoms with Crippen molar-refractivity contribution in [2.75, 3.05) is 86.6 Å². The van der Waals surface area contributed by atoms with E-state index in [0.717, 1.165) is 56.7 Å². The van der Waals surface area contributed by atoms with Gasteiger partial charge in [-0.2, -0.15) is 18.2 Å². The lowest BCUT2D eigenvalue weighted by atomic mass is 10.0. The molecule has 46 heavy (non-hydrogen) atoms. The van der Waals surface area contributed by atoms with Crippen LogP contribution < -0.4 is 24.6 Å². The first kappa shape index (κ1) is 33.7. The Morgan fingerprint density at radius 3 is 2.43 bits per heavy atom. The fourth-order valence-corrected chi connectivity index (χ4v) is 6.47. The Hall–Kier alpha value is -3.62. The largest absolute Gasteiger partial charge is 0.494 e. The van der Waals surface area contributed by atoms with Gasteiger partial charge in [0, 0.05) is 70.0 Å². The Morgan fingerprint density at radius 1 is 1.07 bits per heavy atom. The maximum Gasteiger partial charge on any atom is 0.421 e. The molecule has 0 saturated carbocycles. The quantitative estimate of drug-likeness (QED) is 0.308. The van der Waals surface area contributed by atoms with Gasteiger partial charge in [0.05, 0.1) is 18.5 Å². The van der Waals surface area contributed by atoms with Gasteiger partial charge in [-0.25, -0.2) is 9.19 Å². The minimum Gasteiger partial charge on any atom is -0.494 e. The number of anilines is 5. The summed E-state index contributed by atoms with van der Waals surface area (Å²) in [4.78, 5) is 15.5. The van der Waals surface area contributed by atoms with Crippen LogP contribution in [0.3, 0.4) is 0 Å². The van der Waals surface area contributed by atoms with Crippen molar-refractivity contribution in [3.05, 3.63) is 59.3 Å². The number of aromatic nitrogens is 2. The van der Waals surface area contributed by atoms with E-state index in [-0.39, 0.29) is 18.3 Å². The number of benzene rings is 2. The van der Waals surface area contributed by atoms with Crippen molar-refractivity contribution in [3.8, 4) is 5.75 Å². The first-order valence-corrected chi connectivity index (χ1v) is 16.9. The molecule has 1 atom stereocenters. The second kappa shape index (κ2) is 14.4. The number of aryl methyl sites for hydroxylation is 1. The monoisotopic (exact) mass is 660 g/mol. The van der Waals surface area contributed by atoms with Crippen LogP contribution in [0.4, 0.5) is 42.0 Å². The van der Waals surface area contributed by atoms with Gasteiger partial charge in [0.25, 0.3) is 0 Å². The summed E-state index contributed by atoms with van der Waals surface area (Å²) in [5.41, 5.74) is 2.84. The minimum absolute atomic E-state index is 0.01000. The summed E-state index contributed by atoms with van der Waals surface area (Å²) in [5, 5.41) is 5.89. The van der Waals surface area contributed by atoms with Gasteiger partial charge in [-0.15, -0.1) is 0 Å². The summed E-state index contributed by atoms with van der Waals surface area (Å²) in [6.45, 7) is 8.03. The van der Waals surface area contributed by atoms with Gasteiger partial charge in [-0.3, -0.25) is 9.21 Å². The number of piperidine rings is 1. The zero-order chi connectivity index (χ0) is 33.0. The number of methoxy groups -OCH3 is 1. The van der Waals surface area contributed by atoms with Crippen molar-refractivity contribution in [1.82, 2.24) is 19.8 Å². The highest BCUT2D eigenvalue weighted by atomic mass is 32.2. The van der Waals surface area contributed by atoms with E-state index in [9.17, 15) is 17.4 Å². The van der Waals surface area contributed by atoms with Gasteiger partial charge in [0.15, 0.2) is 0 Å². The molecular formula is C32H43F3N8O2S. The van der Waals surface area contributed by atoms with Crippen molar-refractivity contribution in [2.24, 2.45) is 0 Å². The van der Waals surface area contributed by atoms with E-state index in [4.69, 9.17) is 4.74 Å². The average molecular weight is 661 g/mol. The molecule has 0 bridgehead atoms. The van der Waals surface area contributed by atoms with Gasteiger partial charge in [-0.05, 0) is 69.2 Å². The van der Waals surface area contributed by atoms with E-state index >= 15 is 0 Å². The maximum atomic E-state index is 14.0. The molecule has 0 spiro atoms. The highest BCUT2D eigenvalue weighted by Crippen LogP contribution is 2.36. The zero-order valence-electron chi connectivity index (χ0n) is 27.0. The first-order chi connectivity index (χ1) is 21.9. The second-order valence-electron chi connectivity index (χ2n) is 11.9. The molecule has 0 aliphatic carbocycles. The molecule has 3 aromatic rings. The molecule has 1 aromatic heterocycles. The number of piperazine rings is 1. The van der Waals surface area contributed by atoms with Crippen LogP contribution in [0.1, 0.15) is 29.5 Å². The molecule has 2 aliphatic heterocycles. The second-order valence-corrected chi connectivity index (χ2v) is 13.3. The van der Waals surface area contributed by atoms with Crippen LogP contribution in [0.5, 0.6) is 5.75 Å². The molecule has 2 saturated heterocycles. The van der Waals surface area contributed by atoms with Crippen molar-refractivity contribution in [2.45, 2.75) is 38.5 Å². The number of hydrogen-bond donors (Lipinski definition) is 2. The molecule has 1 unspecified atom stereocenters. The molecule has 3 heterocycles. The minimum atomic E-state index is -4.67. The summed E-state index contributed by atoms with van der Waals surface area (Å²) in [6, 6.07) is 11.9. The molecule has 250 valence electrons. The van der Waals surface area contributed by atoms with Crippen LogP contribution >= 0.6 is 0 Å². The Bertz CT molecular complexity index is 1530. The van der Waals surface area contributed by atoms with Crippen molar-refractivity contribution in [1.29, 1.82) is 0 Å². The van der Waals surface area contributed by atoms with Crippen LogP contribution in [-0.4, -0.2) is 96.7 Å². The fourth-order valence-electron chi connectivity index (χ4n) is 6.02. The standard InChI is InChI=1S/C32H43F3N8O2S/c1-22-6-7-23(28(18-22)41(3)46(5)44)20-36-30-26(32(33,34)35)21-37-31(39-30)38-27-9-8-25(19-29(27)45-4)43-16-14-42(15-17-43)24-10-12-40(2)13-11-24/h6-9,18-19,21,24H,10-17,20H2,1-5H3,(H2,36,37,38,39). The van der Waals surface area contributed by atoms with E-state index in [2.05, 4.69) is 42.3 Å². The van der Waals surface area contributed by atoms with E-state index in [1.165, 1.54) is 12.8 Å². The summed E-state index contributed by atoms with van der Waals surface area (Å²) in [6.07, 6.45) is 0.0567. The highest BCUT2D eigenvalue weighted by molar-refractivity contribution is 7.85. The van der Waals surface area contributed by atoms with Crippen molar-refractivity contribution >= 4 is 39.8 Å². The van der Waals surface area contributed by atoms with Crippen LogP contribution in [0.2, 0.25) is 0 Å². The molecule has 2 N–H and O–H groups in total. The number of ether oxygens (including phenoxy) is 1. The number of rotatable bonds is 10. The van der Waals surface area contributed by atoms with Gasteiger partial charge < -0.3 is 25.2 Å². The van der Waals surface area contributed by atoms with E-state index in [1.807, 2.05) is 37.3 Å². The third-order valence-electron chi connectivity index (χ3n) is 8.82. The lowest BCUT2D eigenvalue weighted by Gasteiger charge is -2.43. The molecule has 2 aliphatic rings. The summed E-state index contributed by atoms with van der Waals surface area (Å²) in [7, 11) is 4.10. The van der Waals surface area contributed by atoms with E-state index in [1.54, 1.807) is 30.8 Å². The molecule has 2 aromatic carbocycles. The van der Waals surface area contributed by atoms with Gasteiger partial charge in [-0.1, -0.05) is 12.1 Å². The average Bonchev–Trinajstić information content (AvgIpc) is 3.04. The topological polar surface area (TPSA) is 89.1 Å². The first-order valence-electron chi connectivity index (χ1n) is 15.4. The van der Waals surface area contributed by atoms with E-state index < -0.39 is 22.7 Å². The van der Waals surface area contributed by atoms with Gasteiger partial charge >= 0.3 is 6.18 Å². The predicted octanol–water partition coefficient (Wildman–Crippen LogP) is 5.11. The van der Waals surface area contributed by atoms with Crippen LogP contribution in [0.25, 0.3) is 0 Å². The van der Waals surface area contributed by atoms with Gasteiger partial charge in [0.1, 0.15) is 28.1 Å². The summed E-state index contributed by atoms with van der Waals surface area (Å²) >= 11 is 0. The van der Waals surface area contributed by atoms with Gasteiger partial charge in [0.2, 0.25) is 5.95 Å². The number of nitrogens with one attached hydrogen (secondary N) is 2.